The van der Waals surface area contributed by atoms with Gasteiger partial charge in [0.1, 0.15) is 18.1 Å². The van der Waals surface area contributed by atoms with Gasteiger partial charge in [-0.1, -0.05) is 30.3 Å². The highest BCUT2D eigenvalue weighted by atomic mass is 16.5. The number of nitrogens with one attached hydrogen (secondary N) is 1. The van der Waals surface area contributed by atoms with Crippen LogP contribution in [0.5, 0.6) is 11.5 Å². The highest BCUT2D eigenvalue weighted by Gasteiger charge is 2.07. The Morgan fingerprint density at radius 2 is 1.95 bits per heavy atom. The molecule has 3 rings (SSSR count). The van der Waals surface area contributed by atoms with Crippen molar-refractivity contribution in [2.24, 2.45) is 0 Å². The number of hydrogen-bond acceptors (Lipinski definition) is 2. The second-order valence-electron chi connectivity index (χ2n) is 4.57. The molecule has 19 heavy (non-hydrogen) atoms. The molecule has 2 N–H and O–H groups in total. The van der Waals surface area contributed by atoms with Gasteiger partial charge in [0.2, 0.25) is 0 Å². The molecule has 0 bridgehead atoms. The van der Waals surface area contributed by atoms with E-state index in [9.17, 15) is 5.11 Å². The van der Waals surface area contributed by atoms with Crippen molar-refractivity contribution in [2.45, 2.75) is 13.5 Å². The number of phenolic OH excluding ortho intramolecular Hbond substituents is 1. The standard InChI is InChI=1S/C16H15NO2/c1-11-5-2-3-8-15(11)19-10-12-9-17-16-13(12)6-4-7-14(16)18/h2-9,17-18H,10H2,1H3. The molecule has 1 heterocycles. The molecule has 0 amide bonds. The smallest absolute Gasteiger partial charge is 0.139 e. The molecule has 3 aromatic rings. The largest absolute Gasteiger partial charge is 0.506 e. The molecule has 0 aliphatic carbocycles. The normalized spacial score (nSPS) is 10.8. The van der Waals surface area contributed by atoms with Crippen molar-refractivity contribution in [1.29, 1.82) is 0 Å². The van der Waals surface area contributed by atoms with Crippen molar-refractivity contribution in [2.75, 3.05) is 0 Å². The molecular weight excluding hydrogens is 238 g/mol. The SMILES string of the molecule is Cc1ccccc1OCc1c[nH]c2c(O)cccc12. The van der Waals surface area contributed by atoms with Crippen LogP contribution in [0.2, 0.25) is 0 Å². The van der Waals surface area contributed by atoms with Gasteiger partial charge in [0.05, 0.1) is 5.52 Å². The van der Waals surface area contributed by atoms with E-state index in [0.29, 0.717) is 6.61 Å². The third-order valence-corrected chi connectivity index (χ3v) is 3.26. The van der Waals surface area contributed by atoms with Gasteiger partial charge >= 0.3 is 0 Å². The monoisotopic (exact) mass is 253 g/mol. The lowest BCUT2D eigenvalue weighted by molar-refractivity contribution is 0.305. The molecule has 1 aromatic heterocycles. The number of aromatic amines is 1. The predicted molar refractivity (Wildman–Crippen MR) is 75.5 cm³/mol. The zero-order valence-corrected chi connectivity index (χ0v) is 10.7. The van der Waals surface area contributed by atoms with Gasteiger partial charge in [-0.25, -0.2) is 0 Å². The zero-order valence-electron chi connectivity index (χ0n) is 10.7. The Morgan fingerprint density at radius 3 is 2.79 bits per heavy atom. The topological polar surface area (TPSA) is 45.2 Å². The Labute approximate surface area is 111 Å². The van der Waals surface area contributed by atoms with Crippen molar-refractivity contribution in [3.8, 4) is 11.5 Å². The lowest BCUT2D eigenvalue weighted by atomic mass is 10.2. The van der Waals surface area contributed by atoms with Gasteiger partial charge in [0.15, 0.2) is 0 Å². The van der Waals surface area contributed by atoms with E-state index >= 15 is 0 Å². The third-order valence-electron chi connectivity index (χ3n) is 3.26. The molecule has 3 nitrogen and oxygen atoms in total. The summed E-state index contributed by atoms with van der Waals surface area (Å²) in [6, 6.07) is 13.4. The summed E-state index contributed by atoms with van der Waals surface area (Å²) >= 11 is 0. The molecule has 0 atom stereocenters. The number of aromatic nitrogens is 1. The lowest BCUT2D eigenvalue weighted by Crippen LogP contribution is -1.95. The molecule has 0 saturated heterocycles. The Hall–Kier alpha value is -2.42. The van der Waals surface area contributed by atoms with E-state index in [1.54, 1.807) is 6.07 Å². The van der Waals surface area contributed by atoms with Crippen LogP contribution in [0.1, 0.15) is 11.1 Å². The van der Waals surface area contributed by atoms with Crippen molar-refractivity contribution < 1.29 is 9.84 Å². The van der Waals surface area contributed by atoms with Crippen LogP contribution in [-0.4, -0.2) is 10.1 Å². The van der Waals surface area contributed by atoms with Crippen molar-refractivity contribution in [3.05, 3.63) is 59.8 Å². The number of ether oxygens (including phenoxy) is 1. The van der Waals surface area contributed by atoms with Crippen LogP contribution in [0.3, 0.4) is 0 Å². The van der Waals surface area contributed by atoms with Gasteiger partial charge in [-0.15, -0.1) is 0 Å². The fourth-order valence-electron chi connectivity index (χ4n) is 2.19. The Kier molecular flexibility index (Phi) is 2.88. The highest BCUT2D eigenvalue weighted by molar-refractivity contribution is 5.87. The minimum Gasteiger partial charge on any atom is -0.506 e. The molecule has 2 aromatic carbocycles. The van der Waals surface area contributed by atoms with Crippen molar-refractivity contribution >= 4 is 10.9 Å². The van der Waals surface area contributed by atoms with Crippen molar-refractivity contribution in [1.82, 2.24) is 4.98 Å². The first kappa shape index (κ1) is 11.7. The first-order valence-corrected chi connectivity index (χ1v) is 6.22. The molecule has 0 unspecified atom stereocenters. The number of phenols is 1. The summed E-state index contributed by atoms with van der Waals surface area (Å²) in [7, 11) is 0. The highest BCUT2D eigenvalue weighted by Crippen LogP contribution is 2.27. The second kappa shape index (κ2) is 4.69. The van der Waals surface area contributed by atoms with Crippen LogP contribution in [-0.2, 0) is 6.61 Å². The first-order valence-electron chi connectivity index (χ1n) is 6.22. The van der Waals surface area contributed by atoms with Crippen LogP contribution < -0.4 is 4.74 Å². The average molecular weight is 253 g/mol. The maximum absolute atomic E-state index is 9.74. The first-order chi connectivity index (χ1) is 9.25. The lowest BCUT2D eigenvalue weighted by Gasteiger charge is -2.08. The summed E-state index contributed by atoms with van der Waals surface area (Å²) in [5.74, 6) is 1.15. The van der Waals surface area contributed by atoms with Gasteiger partial charge < -0.3 is 14.8 Å². The van der Waals surface area contributed by atoms with E-state index in [2.05, 4.69) is 4.98 Å². The number of rotatable bonds is 3. The van der Waals surface area contributed by atoms with E-state index in [-0.39, 0.29) is 5.75 Å². The maximum atomic E-state index is 9.74. The summed E-state index contributed by atoms with van der Waals surface area (Å²) in [5, 5.41) is 10.7. The Balaban J connectivity index is 1.87. The number of aryl methyl sites for hydroxylation is 1. The fourth-order valence-corrected chi connectivity index (χ4v) is 2.19. The predicted octanol–water partition coefficient (Wildman–Crippen LogP) is 3.76. The number of aromatic hydroxyl groups is 1. The summed E-state index contributed by atoms with van der Waals surface area (Å²) in [5.41, 5.74) is 2.91. The van der Waals surface area contributed by atoms with E-state index in [0.717, 1.165) is 27.8 Å². The maximum Gasteiger partial charge on any atom is 0.139 e. The van der Waals surface area contributed by atoms with E-state index in [1.807, 2.05) is 49.5 Å². The van der Waals surface area contributed by atoms with Crippen LogP contribution in [0, 0.1) is 6.92 Å². The molecule has 0 fully saturated rings. The van der Waals surface area contributed by atoms with E-state index in [4.69, 9.17) is 4.74 Å². The second-order valence-corrected chi connectivity index (χ2v) is 4.57. The molecule has 3 heteroatoms. The minimum atomic E-state index is 0.264. The van der Waals surface area contributed by atoms with Crippen LogP contribution >= 0.6 is 0 Å². The number of para-hydroxylation sites is 2. The Morgan fingerprint density at radius 1 is 1.11 bits per heavy atom. The minimum absolute atomic E-state index is 0.264. The van der Waals surface area contributed by atoms with Gasteiger partial charge in [0.25, 0.3) is 0 Å². The number of fused-ring (bicyclic) bond motifs is 1. The molecule has 0 saturated carbocycles. The quantitative estimate of drug-likeness (QED) is 0.746. The van der Waals surface area contributed by atoms with Gasteiger partial charge in [-0.05, 0) is 24.6 Å². The number of H-pyrrole nitrogens is 1. The van der Waals surface area contributed by atoms with Gasteiger partial charge in [-0.3, -0.25) is 0 Å². The van der Waals surface area contributed by atoms with Crippen molar-refractivity contribution in [3.63, 3.8) is 0 Å². The fraction of sp³-hybridized carbons (Fsp3) is 0.125. The summed E-state index contributed by atoms with van der Waals surface area (Å²) in [4.78, 5) is 3.08. The van der Waals surface area contributed by atoms with Crippen LogP contribution in [0.4, 0.5) is 0 Å². The molecule has 0 radical (unpaired) electrons. The van der Waals surface area contributed by atoms with Gasteiger partial charge in [0, 0.05) is 17.1 Å². The summed E-state index contributed by atoms with van der Waals surface area (Å²) in [6.45, 7) is 2.50. The summed E-state index contributed by atoms with van der Waals surface area (Å²) < 4.78 is 5.83. The van der Waals surface area contributed by atoms with Crippen LogP contribution in [0.15, 0.2) is 48.7 Å². The zero-order chi connectivity index (χ0) is 13.2. The third kappa shape index (κ3) is 2.15. The number of hydrogen-bond donors (Lipinski definition) is 2. The molecular formula is C16H15NO2. The molecule has 0 aliphatic heterocycles. The van der Waals surface area contributed by atoms with E-state index in [1.165, 1.54) is 0 Å². The average Bonchev–Trinajstić information content (AvgIpc) is 2.83. The van der Waals surface area contributed by atoms with E-state index < -0.39 is 0 Å². The number of benzene rings is 2. The van der Waals surface area contributed by atoms with Gasteiger partial charge in [-0.2, -0.15) is 0 Å². The summed E-state index contributed by atoms with van der Waals surface area (Å²) in [6.07, 6.45) is 1.88. The van der Waals surface area contributed by atoms with Crippen LogP contribution in [0.25, 0.3) is 10.9 Å². The molecule has 0 aliphatic rings. The molecule has 96 valence electrons. The molecule has 0 spiro atoms. The Bertz CT molecular complexity index is 716.